The number of carbonyl (C=O) groups excluding carboxylic acids is 1. The van der Waals surface area contributed by atoms with E-state index in [2.05, 4.69) is 9.89 Å². The zero-order valence-electron chi connectivity index (χ0n) is 19.0. The van der Waals surface area contributed by atoms with Gasteiger partial charge < -0.3 is 25.8 Å². The molecule has 0 heterocycles. The van der Waals surface area contributed by atoms with Crippen LogP contribution in [0, 0.1) is 0 Å². The van der Waals surface area contributed by atoms with E-state index in [0.29, 0.717) is 42.4 Å². The molecule has 172 valence electrons. The summed E-state index contributed by atoms with van der Waals surface area (Å²) in [5.74, 6) is 0.238. The van der Waals surface area contributed by atoms with Crippen LogP contribution in [0.4, 0.5) is 5.69 Å². The maximum Gasteiger partial charge on any atom is 0.278 e. The van der Waals surface area contributed by atoms with Gasteiger partial charge in [0.2, 0.25) is 0 Å². The van der Waals surface area contributed by atoms with Crippen LogP contribution in [0.15, 0.2) is 77.8 Å². The smallest absolute Gasteiger partial charge is 0.278 e. The first-order valence-electron chi connectivity index (χ1n) is 10.7. The van der Waals surface area contributed by atoms with Crippen molar-refractivity contribution in [3.63, 3.8) is 0 Å². The molecule has 0 saturated heterocycles. The normalized spacial score (nSPS) is 11.5. The molecule has 1 amide bonds. The lowest BCUT2D eigenvalue weighted by molar-refractivity contribution is 0.0889. The summed E-state index contributed by atoms with van der Waals surface area (Å²) in [7, 11) is 3.98. The number of ether oxygens (including phenoxy) is 2. The van der Waals surface area contributed by atoms with E-state index in [4.69, 9.17) is 20.9 Å². The molecule has 0 atom stereocenters. The minimum Gasteiger partial charge on any atom is -0.491 e. The molecule has 3 aromatic carbocycles. The Balaban J connectivity index is 1.53. The lowest BCUT2D eigenvalue weighted by atomic mass is 10.1. The van der Waals surface area contributed by atoms with Gasteiger partial charge in [0.1, 0.15) is 18.2 Å². The molecule has 7 nitrogen and oxygen atoms in total. The Hall–Kier alpha value is -3.68. The van der Waals surface area contributed by atoms with Crippen LogP contribution < -0.4 is 16.2 Å². The summed E-state index contributed by atoms with van der Waals surface area (Å²) in [5.41, 5.74) is 15.7. The van der Waals surface area contributed by atoms with E-state index in [-0.39, 0.29) is 5.84 Å². The molecule has 7 heteroatoms. The first-order valence-corrected chi connectivity index (χ1v) is 10.7. The molecule has 3 aromatic rings. The van der Waals surface area contributed by atoms with Crippen molar-refractivity contribution in [1.82, 2.24) is 4.90 Å². The summed E-state index contributed by atoms with van der Waals surface area (Å²) in [5, 5.41) is 0. The molecule has 0 bridgehead atoms. The van der Waals surface area contributed by atoms with Gasteiger partial charge in [-0.3, -0.25) is 4.79 Å². The highest BCUT2D eigenvalue weighted by Crippen LogP contribution is 2.20. The second-order valence-corrected chi connectivity index (χ2v) is 7.87. The number of nitrogen functional groups attached to an aromatic ring is 1. The average molecular weight is 447 g/mol. The zero-order chi connectivity index (χ0) is 23.6. The van der Waals surface area contributed by atoms with Crippen LogP contribution in [0.25, 0.3) is 0 Å². The number of nitrogens with two attached hydrogens (primary N) is 2. The van der Waals surface area contributed by atoms with Crippen LogP contribution >= 0.6 is 0 Å². The molecule has 0 aromatic heterocycles. The Morgan fingerprint density at radius 3 is 2.33 bits per heavy atom. The van der Waals surface area contributed by atoms with Gasteiger partial charge in [-0.1, -0.05) is 42.5 Å². The first-order chi connectivity index (χ1) is 15.9. The van der Waals surface area contributed by atoms with Crippen LogP contribution in [0.2, 0.25) is 0 Å². The van der Waals surface area contributed by atoms with E-state index in [0.717, 1.165) is 17.7 Å². The van der Waals surface area contributed by atoms with E-state index in [1.807, 2.05) is 56.6 Å². The van der Waals surface area contributed by atoms with Gasteiger partial charge in [0, 0.05) is 29.4 Å². The molecule has 0 fully saturated rings. The summed E-state index contributed by atoms with van der Waals surface area (Å²) in [4.78, 5) is 18.6. The number of rotatable bonds is 10. The summed E-state index contributed by atoms with van der Waals surface area (Å²) in [6.45, 7) is 2.16. The third kappa shape index (κ3) is 7.45. The number of nitrogens with zero attached hydrogens (tertiary/aromatic N) is 2. The molecule has 0 aliphatic heterocycles. The van der Waals surface area contributed by atoms with E-state index < -0.39 is 5.91 Å². The minimum absolute atomic E-state index is 0.0626. The van der Waals surface area contributed by atoms with Gasteiger partial charge >= 0.3 is 0 Å². The highest BCUT2D eigenvalue weighted by molar-refractivity contribution is 6.10. The Bertz CT molecular complexity index is 1080. The predicted molar refractivity (Wildman–Crippen MR) is 131 cm³/mol. The number of aliphatic imine (C=N–C) groups is 1. The highest BCUT2D eigenvalue weighted by Gasteiger charge is 2.10. The van der Waals surface area contributed by atoms with Gasteiger partial charge in [0.05, 0.1) is 13.2 Å². The van der Waals surface area contributed by atoms with E-state index >= 15 is 0 Å². The van der Waals surface area contributed by atoms with Gasteiger partial charge in [-0.15, -0.1) is 0 Å². The van der Waals surface area contributed by atoms with Crippen molar-refractivity contribution in [2.45, 2.75) is 13.2 Å². The summed E-state index contributed by atoms with van der Waals surface area (Å²) in [6, 6.07) is 22.4. The fourth-order valence-corrected chi connectivity index (χ4v) is 3.20. The van der Waals surface area contributed by atoms with Crippen molar-refractivity contribution in [3.05, 3.63) is 95.1 Å². The van der Waals surface area contributed by atoms with Crippen LogP contribution in [-0.4, -0.2) is 44.0 Å². The number of carbonyl (C=O) groups is 1. The maximum absolute atomic E-state index is 12.5. The lowest BCUT2D eigenvalue weighted by Gasteiger charge is -2.11. The zero-order valence-corrected chi connectivity index (χ0v) is 19.0. The molecular formula is C26H30N4O3. The third-order valence-corrected chi connectivity index (χ3v) is 4.83. The Kier molecular flexibility index (Phi) is 8.57. The standard InChI is InChI=1S/C26H30N4O3/c1-30(2)17-19-8-10-21(11-9-19)26(31)29-25(28)23-13-12-22(16-24(23)27)33-15-14-32-18-20-6-4-3-5-7-20/h3-13,16H,14-15,17-18,27H2,1-2H3,(H2,28,29,31). The molecule has 3 rings (SSSR count). The van der Waals surface area contributed by atoms with Crippen LogP contribution in [-0.2, 0) is 17.9 Å². The fourth-order valence-electron chi connectivity index (χ4n) is 3.20. The molecule has 0 aliphatic carbocycles. The van der Waals surface area contributed by atoms with Gasteiger partial charge in [-0.25, -0.2) is 0 Å². The van der Waals surface area contributed by atoms with Gasteiger partial charge in [-0.2, -0.15) is 4.99 Å². The summed E-state index contributed by atoms with van der Waals surface area (Å²) < 4.78 is 11.3. The van der Waals surface area contributed by atoms with Crippen LogP contribution in [0.1, 0.15) is 27.0 Å². The Morgan fingerprint density at radius 2 is 1.67 bits per heavy atom. The van der Waals surface area contributed by atoms with Crippen molar-refractivity contribution in [1.29, 1.82) is 0 Å². The second-order valence-electron chi connectivity index (χ2n) is 7.87. The summed E-state index contributed by atoms with van der Waals surface area (Å²) in [6.07, 6.45) is 0. The highest BCUT2D eigenvalue weighted by atomic mass is 16.5. The number of benzene rings is 3. The lowest BCUT2D eigenvalue weighted by Crippen LogP contribution is -2.18. The number of hydrogen-bond acceptors (Lipinski definition) is 5. The SMILES string of the molecule is CN(C)Cc1ccc(C(=O)N=C(N)c2ccc(OCCOCc3ccccc3)cc2N)cc1. The number of hydrogen-bond donors (Lipinski definition) is 2. The predicted octanol–water partition coefficient (Wildman–Crippen LogP) is 3.47. The van der Waals surface area contributed by atoms with E-state index in [1.165, 1.54) is 0 Å². The maximum atomic E-state index is 12.5. The molecule has 0 aliphatic rings. The minimum atomic E-state index is -0.417. The quantitative estimate of drug-likeness (QED) is 0.214. The third-order valence-electron chi connectivity index (χ3n) is 4.83. The first kappa shape index (κ1) is 24.0. The number of amides is 1. The monoisotopic (exact) mass is 446 g/mol. The Labute approximate surface area is 194 Å². The van der Waals surface area contributed by atoms with E-state index in [9.17, 15) is 4.79 Å². The molecule has 0 unspecified atom stereocenters. The van der Waals surface area contributed by atoms with Crippen molar-refractivity contribution in [3.8, 4) is 5.75 Å². The molecule has 33 heavy (non-hydrogen) atoms. The van der Waals surface area contributed by atoms with E-state index in [1.54, 1.807) is 30.3 Å². The van der Waals surface area contributed by atoms with Gasteiger partial charge in [0.15, 0.2) is 0 Å². The molecular weight excluding hydrogens is 416 g/mol. The largest absolute Gasteiger partial charge is 0.491 e. The summed E-state index contributed by atoms with van der Waals surface area (Å²) >= 11 is 0. The van der Waals surface area contributed by atoms with Crippen molar-refractivity contribution in [2.75, 3.05) is 33.0 Å². The van der Waals surface area contributed by atoms with Crippen LogP contribution in [0.5, 0.6) is 5.75 Å². The average Bonchev–Trinajstić information content (AvgIpc) is 2.79. The van der Waals surface area contributed by atoms with Crippen molar-refractivity contribution < 1.29 is 14.3 Å². The van der Waals surface area contributed by atoms with Crippen molar-refractivity contribution >= 4 is 17.4 Å². The molecule has 4 N–H and O–H groups in total. The topological polar surface area (TPSA) is 103 Å². The second kappa shape index (κ2) is 11.8. The fraction of sp³-hybridized carbons (Fsp3) is 0.231. The number of amidine groups is 1. The van der Waals surface area contributed by atoms with Crippen LogP contribution in [0.3, 0.4) is 0 Å². The number of anilines is 1. The molecule has 0 saturated carbocycles. The molecule has 0 radical (unpaired) electrons. The van der Waals surface area contributed by atoms with Gasteiger partial charge in [0.25, 0.3) is 5.91 Å². The van der Waals surface area contributed by atoms with Gasteiger partial charge in [-0.05, 0) is 49.5 Å². The molecule has 0 spiro atoms. The van der Waals surface area contributed by atoms with Crippen molar-refractivity contribution in [2.24, 2.45) is 10.7 Å². The Morgan fingerprint density at radius 1 is 0.939 bits per heavy atom.